The van der Waals surface area contributed by atoms with E-state index in [1.165, 1.54) is 12.8 Å². The lowest BCUT2D eigenvalue weighted by atomic mass is 10.1. The number of nitrogens with one attached hydrogen (secondary N) is 1. The van der Waals surface area contributed by atoms with Crippen LogP contribution >= 0.6 is 0 Å². The average Bonchev–Trinajstić information content (AvgIpc) is 3.31. The van der Waals surface area contributed by atoms with Gasteiger partial charge in [-0.05, 0) is 39.0 Å². The molecule has 1 N–H and O–H groups in total. The summed E-state index contributed by atoms with van der Waals surface area (Å²) in [5, 5.41) is 7.61. The molecule has 1 aromatic heterocycles. The quantitative estimate of drug-likeness (QED) is 0.535. The second kappa shape index (κ2) is 11.3. The Hall–Kier alpha value is -2.38. The molecule has 1 unspecified atom stereocenters. The number of nitrogens with zero attached hydrogens (tertiary/aromatic N) is 3. The van der Waals surface area contributed by atoms with E-state index in [4.69, 9.17) is 19.0 Å². The number of benzene rings is 1. The summed E-state index contributed by atoms with van der Waals surface area (Å²) >= 11 is 0. The molecule has 2 saturated heterocycles. The van der Waals surface area contributed by atoms with Gasteiger partial charge in [-0.3, -0.25) is 0 Å². The van der Waals surface area contributed by atoms with Gasteiger partial charge in [-0.1, -0.05) is 35.5 Å². The predicted molar refractivity (Wildman–Crippen MR) is 121 cm³/mol. The molecule has 3 heterocycles. The van der Waals surface area contributed by atoms with Crippen molar-refractivity contribution in [2.45, 2.75) is 57.8 Å². The molecule has 0 radical (unpaired) electrons. The largest absolute Gasteiger partial charge is 0.376 e. The summed E-state index contributed by atoms with van der Waals surface area (Å²) in [7, 11) is 0. The fourth-order valence-electron chi connectivity index (χ4n) is 4.12. The summed E-state index contributed by atoms with van der Waals surface area (Å²) in [5.41, 5.74) is 1.86. The first kappa shape index (κ1) is 21.8. The van der Waals surface area contributed by atoms with Crippen LogP contribution in [0.2, 0.25) is 0 Å². The smallest absolute Gasteiger partial charge is 0.194 e. The van der Waals surface area contributed by atoms with Crippen molar-refractivity contribution in [1.82, 2.24) is 15.4 Å². The molecular weight excluding hydrogens is 392 g/mol. The molecule has 2 aromatic rings. The minimum Gasteiger partial charge on any atom is -0.376 e. The van der Waals surface area contributed by atoms with Crippen LogP contribution in [0.5, 0.6) is 0 Å². The lowest BCUT2D eigenvalue weighted by Gasteiger charge is -2.35. The third-order valence-electron chi connectivity index (χ3n) is 5.88. The van der Waals surface area contributed by atoms with Crippen LogP contribution in [0.15, 0.2) is 45.9 Å². The van der Waals surface area contributed by atoms with Gasteiger partial charge in [-0.25, -0.2) is 4.99 Å². The number of rotatable bonds is 7. The van der Waals surface area contributed by atoms with Gasteiger partial charge in [0.2, 0.25) is 0 Å². The van der Waals surface area contributed by atoms with Gasteiger partial charge >= 0.3 is 0 Å². The van der Waals surface area contributed by atoms with Crippen molar-refractivity contribution in [2.75, 3.05) is 32.8 Å². The standard InChI is InChI=1S/C24H34N4O3/c1-2-25-24(26-17-20-16-23(31-27-20)19-8-4-3-5-9-19)28-13-11-21(12-14-28)30-18-22-10-6-7-15-29-22/h3-5,8-9,16,21-22H,2,6-7,10-15,17-18H2,1H3,(H,25,26). The first-order valence-electron chi connectivity index (χ1n) is 11.6. The summed E-state index contributed by atoms with van der Waals surface area (Å²) in [6.45, 7) is 6.92. The van der Waals surface area contributed by atoms with E-state index in [-0.39, 0.29) is 6.10 Å². The SMILES string of the molecule is CCNC(=NCc1cc(-c2ccccc2)on1)N1CCC(OCC2CCCCO2)CC1. The molecule has 0 amide bonds. The molecule has 0 bridgehead atoms. The lowest BCUT2D eigenvalue weighted by molar-refractivity contribution is -0.0721. The zero-order valence-electron chi connectivity index (χ0n) is 18.5. The van der Waals surface area contributed by atoms with E-state index in [9.17, 15) is 0 Å². The van der Waals surface area contributed by atoms with Crippen molar-refractivity contribution < 1.29 is 14.0 Å². The first-order valence-corrected chi connectivity index (χ1v) is 11.6. The van der Waals surface area contributed by atoms with E-state index >= 15 is 0 Å². The van der Waals surface area contributed by atoms with Crippen molar-refractivity contribution in [1.29, 1.82) is 0 Å². The third kappa shape index (κ3) is 6.31. The minimum atomic E-state index is 0.286. The molecule has 0 spiro atoms. The van der Waals surface area contributed by atoms with Crippen LogP contribution in [0, 0.1) is 0 Å². The maximum absolute atomic E-state index is 6.15. The Balaban J connectivity index is 1.27. The topological polar surface area (TPSA) is 72.1 Å². The molecule has 2 fully saturated rings. The molecule has 0 aliphatic carbocycles. The zero-order chi connectivity index (χ0) is 21.3. The van der Waals surface area contributed by atoms with Gasteiger partial charge in [0, 0.05) is 37.9 Å². The van der Waals surface area contributed by atoms with E-state index < -0.39 is 0 Å². The van der Waals surface area contributed by atoms with Crippen molar-refractivity contribution in [3.63, 3.8) is 0 Å². The predicted octanol–water partition coefficient (Wildman–Crippen LogP) is 3.86. The molecule has 168 valence electrons. The normalized spacial score (nSPS) is 20.7. The maximum Gasteiger partial charge on any atom is 0.194 e. The molecule has 2 aliphatic heterocycles. The number of aromatic nitrogens is 1. The van der Waals surface area contributed by atoms with Crippen molar-refractivity contribution in [3.8, 4) is 11.3 Å². The Labute approximate surface area is 184 Å². The molecule has 1 atom stereocenters. The van der Waals surface area contributed by atoms with Gasteiger partial charge in [0.25, 0.3) is 0 Å². The van der Waals surface area contributed by atoms with Gasteiger partial charge < -0.3 is 24.2 Å². The number of hydrogen-bond acceptors (Lipinski definition) is 5. The number of hydrogen-bond donors (Lipinski definition) is 1. The van der Waals surface area contributed by atoms with E-state index in [0.29, 0.717) is 12.6 Å². The van der Waals surface area contributed by atoms with Gasteiger partial charge in [0.05, 0.1) is 25.4 Å². The zero-order valence-corrected chi connectivity index (χ0v) is 18.5. The maximum atomic E-state index is 6.15. The number of guanidine groups is 1. The fraction of sp³-hybridized carbons (Fsp3) is 0.583. The molecule has 31 heavy (non-hydrogen) atoms. The van der Waals surface area contributed by atoms with Crippen LogP contribution in [-0.4, -0.2) is 61.1 Å². The second-order valence-corrected chi connectivity index (χ2v) is 8.23. The summed E-state index contributed by atoms with van der Waals surface area (Å²) in [6.07, 6.45) is 6.20. The monoisotopic (exact) mass is 426 g/mol. The molecule has 4 rings (SSSR count). The van der Waals surface area contributed by atoms with E-state index in [1.54, 1.807) is 0 Å². The highest BCUT2D eigenvalue weighted by atomic mass is 16.5. The van der Waals surface area contributed by atoms with E-state index in [1.807, 2.05) is 36.4 Å². The summed E-state index contributed by atoms with van der Waals surface area (Å²) < 4.78 is 17.4. The number of likely N-dealkylation sites (tertiary alicyclic amines) is 1. The molecule has 2 aliphatic rings. The van der Waals surface area contributed by atoms with Crippen LogP contribution in [0.4, 0.5) is 0 Å². The number of ether oxygens (including phenoxy) is 2. The van der Waals surface area contributed by atoms with Gasteiger partial charge in [-0.15, -0.1) is 0 Å². The van der Waals surface area contributed by atoms with Crippen LogP contribution < -0.4 is 5.32 Å². The summed E-state index contributed by atoms with van der Waals surface area (Å²) in [5.74, 6) is 1.71. The highest BCUT2D eigenvalue weighted by Gasteiger charge is 2.24. The Kier molecular flexibility index (Phi) is 7.96. The molecule has 1 aromatic carbocycles. The van der Waals surface area contributed by atoms with Crippen LogP contribution in [-0.2, 0) is 16.0 Å². The van der Waals surface area contributed by atoms with Crippen molar-refractivity contribution in [2.24, 2.45) is 4.99 Å². The Bertz CT molecular complexity index is 809. The Morgan fingerprint density at radius 2 is 2.03 bits per heavy atom. The Morgan fingerprint density at radius 1 is 1.19 bits per heavy atom. The van der Waals surface area contributed by atoms with E-state index in [2.05, 4.69) is 22.3 Å². The van der Waals surface area contributed by atoms with Crippen molar-refractivity contribution in [3.05, 3.63) is 42.1 Å². The lowest BCUT2D eigenvalue weighted by Crippen LogP contribution is -2.47. The molecule has 0 saturated carbocycles. The number of aliphatic imine (C=N–C) groups is 1. The molecular formula is C24H34N4O3. The summed E-state index contributed by atoms with van der Waals surface area (Å²) in [6, 6.07) is 12.0. The molecule has 7 heteroatoms. The van der Waals surface area contributed by atoms with Crippen LogP contribution in [0.25, 0.3) is 11.3 Å². The fourth-order valence-corrected chi connectivity index (χ4v) is 4.12. The van der Waals surface area contributed by atoms with E-state index in [0.717, 1.165) is 75.1 Å². The van der Waals surface area contributed by atoms with Crippen LogP contribution in [0.3, 0.4) is 0 Å². The van der Waals surface area contributed by atoms with Gasteiger partial charge in [-0.2, -0.15) is 0 Å². The highest BCUT2D eigenvalue weighted by molar-refractivity contribution is 5.80. The first-order chi connectivity index (χ1) is 15.3. The Morgan fingerprint density at radius 3 is 2.77 bits per heavy atom. The number of piperidine rings is 1. The molecule has 7 nitrogen and oxygen atoms in total. The third-order valence-corrected chi connectivity index (χ3v) is 5.88. The minimum absolute atomic E-state index is 0.286. The highest BCUT2D eigenvalue weighted by Crippen LogP contribution is 2.21. The van der Waals surface area contributed by atoms with Crippen molar-refractivity contribution >= 4 is 5.96 Å². The summed E-state index contributed by atoms with van der Waals surface area (Å²) in [4.78, 5) is 7.13. The van der Waals surface area contributed by atoms with Gasteiger partial charge in [0.1, 0.15) is 5.69 Å². The van der Waals surface area contributed by atoms with Crippen LogP contribution in [0.1, 0.15) is 44.7 Å². The van der Waals surface area contributed by atoms with Gasteiger partial charge in [0.15, 0.2) is 11.7 Å². The second-order valence-electron chi connectivity index (χ2n) is 8.23. The average molecular weight is 427 g/mol.